The molecule has 14 heteroatoms. The second-order valence-corrected chi connectivity index (χ2v) is 12.6. The summed E-state index contributed by atoms with van der Waals surface area (Å²) in [5.41, 5.74) is 1.71. The van der Waals surface area contributed by atoms with Gasteiger partial charge in [0.2, 0.25) is 21.9 Å². The van der Waals surface area contributed by atoms with Crippen LogP contribution in [0.5, 0.6) is 5.75 Å². The molecule has 0 saturated carbocycles. The first-order valence-corrected chi connectivity index (χ1v) is 15.5. The van der Waals surface area contributed by atoms with Gasteiger partial charge in [-0.2, -0.15) is 4.31 Å². The highest BCUT2D eigenvalue weighted by molar-refractivity contribution is 7.89. The van der Waals surface area contributed by atoms with E-state index < -0.39 is 40.4 Å². The summed E-state index contributed by atoms with van der Waals surface area (Å²) in [4.78, 5) is 21.8. The maximum absolute atomic E-state index is 14.0. The SMILES string of the molecule is C=NC(=NC1CCOCC1)N/C(=C(\C)Cl)c1ccc2c(c1)S(=O)(=O)N([C@H](CO)C(=O)N[C@H](C)c1cc(F)cc(OC)c1)C2. The molecule has 2 aliphatic heterocycles. The van der Waals surface area contributed by atoms with Crippen LogP contribution in [0.4, 0.5) is 4.39 Å². The summed E-state index contributed by atoms with van der Waals surface area (Å²) in [5, 5.41) is 16.2. The van der Waals surface area contributed by atoms with E-state index in [4.69, 9.17) is 21.1 Å². The summed E-state index contributed by atoms with van der Waals surface area (Å²) in [7, 11) is -2.81. The quantitative estimate of drug-likeness (QED) is 0.283. The molecule has 1 saturated heterocycles. The van der Waals surface area contributed by atoms with E-state index in [1.807, 2.05) is 0 Å². The smallest absolute Gasteiger partial charge is 0.244 e. The lowest BCUT2D eigenvalue weighted by atomic mass is 10.1. The molecule has 3 N–H and O–H groups in total. The highest BCUT2D eigenvalue weighted by atomic mass is 35.5. The van der Waals surface area contributed by atoms with Gasteiger partial charge >= 0.3 is 0 Å². The Morgan fingerprint density at radius 3 is 2.63 bits per heavy atom. The Morgan fingerprint density at radius 2 is 2.00 bits per heavy atom. The maximum Gasteiger partial charge on any atom is 0.244 e. The third-order valence-electron chi connectivity index (χ3n) is 7.31. The summed E-state index contributed by atoms with van der Waals surface area (Å²) in [6.45, 7) is 7.16. The van der Waals surface area contributed by atoms with Crippen LogP contribution >= 0.6 is 11.6 Å². The number of methoxy groups -OCH3 is 1. The van der Waals surface area contributed by atoms with E-state index in [1.54, 1.807) is 32.0 Å². The summed E-state index contributed by atoms with van der Waals surface area (Å²) >= 11 is 6.42. The first kappa shape index (κ1) is 32.6. The number of ether oxygens (including phenoxy) is 2. The minimum absolute atomic E-state index is 0.000175. The average molecular weight is 636 g/mol. The largest absolute Gasteiger partial charge is 0.497 e. The normalized spacial score (nSPS) is 19.2. The zero-order valence-electron chi connectivity index (χ0n) is 24.1. The maximum atomic E-state index is 14.0. The molecule has 0 radical (unpaired) electrons. The zero-order valence-corrected chi connectivity index (χ0v) is 25.7. The minimum Gasteiger partial charge on any atom is -0.497 e. The van der Waals surface area contributed by atoms with Crippen LogP contribution in [0.25, 0.3) is 5.70 Å². The molecule has 43 heavy (non-hydrogen) atoms. The lowest BCUT2D eigenvalue weighted by Gasteiger charge is -2.26. The second kappa shape index (κ2) is 14.0. The number of guanidine groups is 1. The molecular weight excluding hydrogens is 601 g/mol. The van der Waals surface area contributed by atoms with Gasteiger partial charge in [-0.3, -0.25) is 4.79 Å². The lowest BCUT2D eigenvalue weighted by Crippen LogP contribution is -2.49. The van der Waals surface area contributed by atoms with Crippen molar-refractivity contribution >= 4 is 45.9 Å². The highest BCUT2D eigenvalue weighted by Crippen LogP contribution is 2.35. The number of carbonyl (C=O) groups is 1. The number of sulfonamides is 1. The number of halogens is 2. The Kier molecular flexibility index (Phi) is 10.6. The molecular formula is C29H35ClFN5O6S. The molecule has 0 bridgehead atoms. The molecule has 0 unspecified atom stereocenters. The van der Waals surface area contributed by atoms with Crippen LogP contribution in [0, 0.1) is 5.82 Å². The molecule has 4 rings (SSSR count). The molecule has 1 amide bonds. The lowest BCUT2D eigenvalue weighted by molar-refractivity contribution is -0.126. The van der Waals surface area contributed by atoms with Gasteiger partial charge in [0.25, 0.3) is 0 Å². The number of nitrogens with zero attached hydrogens (tertiary/aromatic N) is 3. The number of aliphatic hydroxyl groups is 1. The van der Waals surface area contributed by atoms with Crippen molar-refractivity contribution in [1.82, 2.24) is 14.9 Å². The van der Waals surface area contributed by atoms with Crippen LogP contribution in [0.1, 0.15) is 49.4 Å². The van der Waals surface area contributed by atoms with E-state index in [0.29, 0.717) is 40.6 Å². The monoisotopic (exact) mass is 635 g/mol. The fourth-order valence-electron chi connectivity index (χ4n) is 4.96. The van der Waals surface area contributed by atoms with Crippen LogP contribution in [0.3, 0.4) is 0 Å². The second-order valence-electron chi connectivity index (χ2n) is 10.2. The van der Waals surface area contributed by atoms with E-state index in [0.717, 1.165) is 17.1 Å². The number of hydrogen-bond acceptors (Lipinski definition) is 7. The number of nitrogens with one attached hydrogen (secondary N) is 2. The number of benzene rings is 2. The van der Waals surface area contributed by atoms with Gasteiger partial charge in [0.15, 0.2) is 0 Å². The van der Waals surface area contributed by atoms with Gasteiger partial charge in [-0.15, -0.1) is 0 Å². The third-order valence-corrected chi connectivity index (χ3v) is 9.43. The fraction of sp³-hybridized carbons (Fsp3) is 0.414. The number of amides is 1. The van der Waals surface area contributed by atoms with Crippen molar-refractivity contribution in [1.29, 1.82) is 0 Å². The Morgan fingerprint density at radius 1 is 1.28 bits per heavy atom. The van der Waals surface area contributed by atoms with Gasteiger partial charge in [0, 0.05) is 36.4 Å². The minimum atomic E-state index is -4.20. The molecule has 1 fully saturated rings. The van der Waals surface area contributed by atoms with Crippen molar-refractivity contribution in [3.05, 3.63) is 63.9 Å². The van der Waals surface area contributed by atoms with E-state index in [1.165, 1.54) is 25.3 Å². The molecule has 11 nitrogen and oxygen atoms in total. The Bertz CT molecular complexity index is 1540. The first-order chi connectivity index (χ1) is 20.5. The molecule has 2 aromatic rings. The van der Waals surface area contributed by atoms with Crippen LogP contribution < -0.4 is 15.4 Å². The summed E-state index contributed by atoms with van der Waals surface area (Å²) in [6.07, 6.45) is 1.47. The van der Waals surface area contributed by atoms with Gasteiger partial charge in [-0.25, -0.2) is 22.8 Å². The van der Waals surface area contributed by atoms with Crippen molar-refractivity contribution in [2.45, 2.75) is 56.3 Å². The molecule has 0 aromatic heterocycles. The number of rotatable bonds is 9. The molecule has 2 heterocycles. The predicted octanol–water partition coefficient (Wildman–Crippen LogP) is 3.33. The number of aliphatic imine (C=N–C) groups is 2. The number of carbonyl (C=O) groups excluding carboxylic acids is 1. The molecule has 0 aliphatic carbocycles. The van der Waals surface area contributed by atoms with Crippen molar-refractivity contribution in [3.63, 3.8) is 0 Å². The Hall–Kier alpha value is -3.36. The van der Waals surface area contributed by atoms with E-state index in [2.05, 4.69) is 27.3 Å². The van der Waals surface area contributed by atoms with Crippen molar-refractivity contribution in [2.75, 3.05) is 26.9 Å². The van der Waals surface area contributed by atoms with Crippen LogP contribution in [0.2, 0.25) is 0 Å². The van der Waals surface area contributed by atoms with Crippen molar-refractivity contribution < 1.29 is 32.2 Å². The summed E-state index contributed by atoms with van der Waals surface area (Å²) in [6, 6.07) is 6.67. The van der Waals surface area contributed by atoms with Crippen molar-refractivity contribution in [2.24, 2.45) is 9.98 Å². The Labute approximate surface area is 255 Å². The molecule has 0 spiro atoms. The van der Waals surface area contributed by atoms with Gasteiger partial charge in [0.1, 0.15) is 17.6 Å². The third kappa shape index (κ3) is 7.42. The number of allylic oxidation sites excluding steroid dienone is 1. The molecule has 2 aliphatic rings. The van der Waals surface area contributed by atoms with Crippen LogP contribution in [0.15, 0.2) is 56.3 Å². The summed E-state index contributed by atoms with van der Waals surface area (Å²) < 4.78 is 52.8. The van der Waals surface area contributed by atoms with E-state index in [-0.39, 0.29) is 29.2 Å². The van der Waals surface area contributed by atoms with Gasteiger partial charge in [0.05, 0.1) is 36.4 Å². The number of fused-ring (bicyclic) bond motifs is 1. The molecule has 232 valence electrons. The first-order valence-electron chi connectivity index (χ1n) is 13.6. The fourth-order valence-corrected chi connectivity index (χ4v) is 6.91. The topological polar surface area (TPSA) is 142 Å². The zero-order chi connectivity index (χ0) is 31.3. The number of aliphatic hydroxyl groups excluding tert-OH is 1. The van der Waals surface area contributed by atoms with Crippen LogP contribution in [-0.4, -0.2) is 75.4 Å². The molecule has 2 aromatic carbocycles. The predicted molar refractivity (Wildman–Crippen MR) is 162 cm³/mol. The molecule has 2 atom stereocenters. The van der Waals surface area contributed by atoms with Crippen LogP contribution in [-0.2, 0) is 26.1 Å². The highest BCUT2D eigenvalue weighted by Gasteiger charge is 2.42. The van der Waals surface area contributed by atoms with E-state index in [9.17, 15) is 22.7 Å². The average Bonchev–Trinajstić information content (AvgIpc) is 3.24. The van der Waals surface area contributed by atoms with Gasteiger partial charge in [-0.1, -0.05) is 23.7 Å². The number of hydrogen-bond donors (Lipinski definition) is 3. The van der Waals surface area contributed by atoms with E-state index >= 15 is 0 Å². The van der Waals surface area contributed by atoms with Gasteiger partial charge in [-0.05, 0) is 62.7 Å². The summed E-state index contributed by atoms with van der Waals surface area (Å²) in [5.74, 6) is -0.777. The standard InChI is InChI=1S/C29H35ClFN5O6S/c1-17(30)27(35-29(32-3)34-23-7-9-42-10-8-23)19-5-6-20-15-36(43(39,40)26(20)13-19)25(16-37)28(38)33-18(2)21-11-22(31)14-24(12-21)41-4/h5-6,11-14,18,23,25,37H,3,7-10,15-16H2,1-2,4H3,(H,33,38)(H,34,35)/b27-17+/t18-,25-/m1/s1. The van der Waals surface area contributed by atoms with Gasteiger partial charge < -0.3 is 25.2 Å². The van der Waals surface area contributed by atoms with Crippen molar-refractivity contribution in [3.8, 4) is 5.75 Å². The Balaban J connectivity index is 1.56.